The van der Waals surface area contributed by atoms with E-state index in [0.29, 0.717) is 12.3 Å². The number of benzene rings is 1. The van der Waals surface area contributed by atoms with E-state index >= 15 is 0 Å². The lowest BCUT2D eigenvalue weighted by molar-refractivity contribution is 0.184. The second-order valence-electron chi connectivity index (χ2n) is 4.64. The predicted octanol–water partition coefficient (Wildman–Crippen LogP) is 1.65. The van der Waals surface area contributed by atoms with Crippen LogP contribution < -0.4 is 4.72 Å². The van der Waals surface area contributed by atoms with Crippen LogP contribution >= 0.6 is 0 Å². The van der Waals surface area contributed by atoms with E-state index in [-0.39, 0.29) is 10.9 Å². The Kier molecular flexibility index (Phi) is 3.45. The molecule has 1 aliphatic heterocycles. The second-order valence-corrected chi connectivity index (χ2v) is 6.33. The van der Waals surface area contributed by atoms with Gasteiger partial charge in [0.05, 0.1) is 29.4 Å². The molecule has 1 unspecified atom stereocenters. The third-order valence-electron chi connectivity index (χ3n) is 3.19. The molecule has 0 bridgehead atoms. The molecule has 1 aromatic heterocycles. The van der Waals surface area contributed by atoms with Crippen LogP contribution in [0.25, 0.3) is 0 Å². The van der Waals surface area contributed by atoms with Gasteiger partial charge in [0.15, 0.2) is 0 Å². The minimum Gasteiger partial charge on any atom is -0.379 e. The number of aromatic nitrogens is 2. The molecule has 0 amide bonds. The van der Waals surface area contributed by atoms with Crippen molar-refractivity contribution in [2.24, 2.45) is 0 Å². The van der Waals surface area contributed by atoms with Gasteiger partial charge in [-0.1, -0.05) is 18.2 Å². The van der Waals surface area contributed by atoms with Crippen LogP contribution in [0.4, 0.5) is 5.69 Å². The molecule has 1 aromatic carbocycles. The topological polar surface area (TPSA) is 73.2 Å². The standard InChI is InChI=1S/C13H15N3O3S/c17-20(18,13-4-2-1-3-5-13)15-11-8-14-16(9-11)12-6-7-19-10-12/h1-5,8-9,12,15H,6-7,10H2. The van der Waals surface area contributed by atoms with Crippen molar-refractivity contribution in [3.05, 3.63) is 42.7 Å². The molecular formula is C13H15N3O3S. The number of sulfonamides is 1. The average molecular weight is 293 g/mol. The Balaban J connectivity index is 1.78. The van der Waals surface area contributed by atoms with Gasteiger partial charge in [0.1, 0.15) is 0 Å². The molecular weight excluding hydrogens is 278 g/mol. The highest BCUT2D eigenvalue weighted by Gasteiger charge is 2.20. The van der Waals surface area contributed by atoms with E-state index in [1.54, 1.807) is 41.2 Å². The monoisotopic (exact) mass is 293 g/mol. The van der Waals surface area contributed by atoms with Gasteiger partial charge in [-0.3, -0.25) is 9.40 Å². The lowest BCUT2D eigenvalue weighted by Crippen LogP contribution is -2.12. The fraction of sp³-hybridized carbons (Fsp3) is 0.308. The summed E-state index contributed by atoms with van der Waals surface area (Å²) in [5.41, 5.74) is 0.459. The molecule has 0 aliphatic carbocycles. The van der Waals surface area contributed by atoms with Crippen molar-refractivity contribution in [3.8, 4) is 0 Å². The van der Waals surface area contributed by atoms with E-state index in [4.69, 9.17) is 4.74 Å². The van der Waals surface area contributed by atoms with Gasteiger partial charge in [-0.2, -0.15) is 5.10 Å². The molecule has 20 heavy (non-hydrogen) atoms. The predicted molar refractivity (Wildman–Crippen MR) is 74.0 cm³/mol. The Labute approximate surface area is 117 Å². The van der Waals surface area contributed by atoms with Crippen molar-refractivity contribution in [1.82, 2.24) is 9.78 Å². The SMILES string of the molecule is O=S(=O)(Nc1cnn(C2CCOC2)c1)c1ccccc1. The van der Waals surface area contributed by atoms with Crippen LogP contribution in [0.2, 0.25) is 0 Å². The molecule has 0 saturated carbocycles. The maximum absolute atomic E-state index is 12.2. The number of nitrogens with one attached hydrogen (secondary N) is 1. The maximum atomic E-state index is 12.2. The molecule has 0 radical (unpaired) electrons. The summed E-state index contributed by atoms with van der Waals surface area (Å²) >= 11 is 0. The maximum Gasteiger partial charge on any atom is 0.261 e. The summed E-state index contributed by atoms with van der Waals surface area (Å²) < 4.78 is 33.9. The third kappa shape index (κ3) is 2.68. The Morgan fingerprint density at radius 2 is 2.10 bits per heavy atom. The number of ether oxygens (including phenoxy) is 1. The van der Waals surface area contributed by atoms with Gasteiger partial charge >= 0.3 is 0 Å². The lowest BCUT2D eigenvalue weighted by Gasteiger charge is -2.07. The lowest BCUT2D eigenvalue weighted by atomic mass is 10.3. The molecule has 0 spiro atoms. The largest absolute Gasteiger partial charge is 0.379 e. The number of nitrogens with zero attached hydrogens (tertiary/aromatic N) is 2. The smallest absolute Gasteiger partial charge is 0.261 e. The van der Waals surface area contributed by atoms with Crippen molar-refractivity contribution in [1.29, 1.82) is 0 Å². The zero-order valence-corrected chi connectivity index (χ0v) is 11.6. The van der Waals surface area contributed by atoms with E-state index in [1.165, 1.54) is 6.20 Å². The minimum atomic E-state index is -3.56. The van der Waals surface area contributed by atoms with Gasteiger partial charge < -0.3 is 4.74 Å². The molecule has 6 nitrogen and oxygen atoms in total. The van der Waals surface area contributed by atoms with Crippen LogP contribution in [0.1, 0.15) is 12.5 Å². The van der Waals surface area contributed by atoms with Crippen LogP contribution in [-0.2, 0) is 14.8 Å². The molecule has 1 N–H and O–H groups in total. The first-order chi connectivity index (χ1) is 9.65. The average Bonchev–Trinajstić information content (AvgIpc) is 3.10. The fourth-order valence-electron chi connectivity index (χ4n) is 2.13. The minimum absolute atomic E-state index is 0.185. The van der Waals surface area contributed by atoms with Crippen LogP contribution in [0.5, 0.6) is 0 Å². The Hall–Kier alpha value is -1.86. The molecule has 1 fully saturated rings. The van der Waals surface area contributed by atoms with Crippen molar-refractivity contribution >= 4 is 15.7 Å². The Morgan fingerprint density at radius 1 is 1.30 bits per heavy atom. The molecule has 1 atom stereocenters. The molecule has 106 valence electrons. The van der Waals surface area contributed by atoms with Gasteiger partial charge in [0.25, 0.3) is 10.0 Å². The van der Waals surface area contributed by atoms with Crippen LogP contribution in [-0.4, -0.2) is 31.4 Å². The first-order valence-electron chi connectivity index (χ1n) is 6.35. The van der Waals surface area contributed by atoms with Gasteiger partial charge in [0.2, 0.25) is 0 Å². The highest BCUT2D eigenvalue weighted by Crippen LogP contribution is 2.21. The normalized spacial score (nSPS) is 19.1. The highest BCUT2D eigenvalue weighted by molar-refractivity contribution is 7.92. The molecule has 2 heterocycles. The fourth-order valence-corrected chi connectivity index (χ4v) is 3.18. The second kappa shape index (κ2) is 5.26. The summed E-state index contributed by atoms with van der Waals surface area (Å²) in [5.74, 6) is 0. The summed E-state index contributed by atoms with van der Waals surface area (Å²) in [6.07, 6.45) is 4.10. The van der Waals surface area contributed by atoms with Crippen LogP contribution in [0.3, 0.4) is 0 Å². The summed E-state index contributed by atoms with van der Waals surface area (Å²) in [7, 11) is -3.56. The van der Waals surface area contributed by atoms with E-state index in [1.807, 2.05) is 0 Å². The first kappa shape index (κ1) is 13.1. The Bertz CT molecular complexity index is 676. The first-order valence-corrected chi connectivity index (χ1v) is 7.83. The van der Waals surface area contributed by atoms with Gasteiger partial charge in [-0.05, 0) is 18.6 Å². The van der Waals surface area contributed by atoms with Gasteiger partial charge in [-0.25, -0.2) is 8.42 Å². The zero-order chi connectivity index (χ0) is 14.0. The van der Waals surface area contributed by atoms with Crippen molar-refractivity contribution in [2.75, 3.05) is 17.9 Å². The van der Waals surface area contributed by atoms with E-state index in [9.17, 15) is 8.42 Å². The van der Waals surface area contributed by atoms with E-state index < -0.39 is 10.0 Å². The molecule has 1 aliphatic rings. The van der Waals surface area contributed by atoms with Crippen LogP contribution in [0.15, 0.2) is 47.6 Å². The van der Waals surface area contributed by atoms with Crippen molar-refractivity contribution in [3.63, 3.8) is 0 Å². The Morgan fingerprint density at radius 3 is 2.80 bits per heavy atom. The quantitative estimate of drug-likeness (QED) is 0.930. The van der Waals surface area contributed by atoms with Crippen molar-refractivity contribution < 1.29 is 13.2 Å². The molecule has 1 saturated heterocycles. The van der Waals surface area contributed by atoms with E-state index in [2.05, 4.69) is 9.82 Å². The highest BCUT2D eigenvalue weighted by atomic mass is 32.2. The third-order valence-corrected chi connectivity index (χ3v) is 4.58. The number of hydrogen-bond donors (Lipinski definition) is 1. The van der Waals surface area contributed by atoms with Gasteiger partial charge in [0, 0.05) is 12.8 Å². The van der Waals surface area contributed by atoms with E-state index in [0.717, 1.165) is 13.0 Å². The summed E-state index contributed by atoms with van der Waals surface area (Å²) in [4.78, 5) is 0.233. The summed E-state index contributed by atoms with van der Waals surface area (Å²) in [5, 5.41) is 4.19. The van der Waals surface area contributed by atoms with Crippen LogP contribution in [0, 0.1) is 0 Å². The number of anilines is 1. The molecule has 3 rings (SSSR count). The number of rotatable bonds is 4. The molecule has 7 heteroatoms. The van der Waals surface area contributed by atoms with Gasteiger partial charge in [-0.15, -0.1) is 0 Å². The summed E-state index contributed by atoms with van der Waals surface area (Å²) in [6.45, 7) is 1.34. The summed E-state index contributed by atoms with van der Waals surface area (Å²) in [6, 6.07) is 8.44. The molecule has 2 aromatic rings. The number of hydrogen-bond acceptors (Lipinski definition) is 4. The van der Waals surface area contributed by atoms with Crippen molar-refractivity contribution in [2.45, 2.75) is 17.4 Å². The zero-order valence-electron chi connectivity index (χ0n) is 10.8.